The van der Waals surface area contributed by atoms with Gasteiger partial charge in [-0.1, -0.05) is 18.2 Å². The number of H-pyrrole nitrogens is 1. The zero-order valence-electron chi connectivity index (χ0n) is 12.6. The number of aryl methyl sites for hydroxylation is 2. The smallest absolute Gasteiger partial charge is 0.262 e. The summed E-state index contributed by atoms with van der Waals surface area (Å²) < 4.78 is 1.77. The summed E-state index contributed by atoms with van der Waals surface area (Å²) >= 11 is 0. The van der Waals surface area contributed by atoms with Crippen LogP contribution in [0.25, 0.3) is 21.8 Å². The molecule has 0 atom stereocenters. The zero-order chi connectivity index (χ0) is 15.7. The summed E-state index contributed by atoms with van der Waals surface area (Å²) in [5.74, 6) is -0.0571. The molecule has 0 radical (unpaired) electrons. The first-order chi connectivity index (χ1) is 10.6. The first-order valence-electron chi connectivity index (χ1n) is 7.30. The van der Waals surface area contributed by atoms with Gasteiger partial charge in [-0.2, -0.15) is 5.10 Å². The lowest BCUT2D eigenvalue weighted by molar-refractivity contribution is -0.118. The minimum atomic E-state index is -0.0571. The maximum absolute atomic E-state index is 12.8. The van der Waals surface area contributed by atoms with Gasteiger partial charge in [-0.25, -0.2) is 0 Å². The second-order valence-electron chi connectivity index (χ2n) is 5.38. The molecule has 0 fully saturated rings. The Kier molecular flexibility index (Phi) is 3.66. The zero-order valence-corrected chi connectivity index (χ0v) is 12.6. The van der Waals surface area contributed by atoms with E-state index in [1.54, 1.807) is 4.57 Å². The van der Waals surface area contributed by atoms with Crippen molar-refractivity contribution in [2.75, 3.05) is 6.54 Å². The number of hydrogen-bond donors (Lipinski definition) is 2. The Hall–Kier alpha value is -2.63. The minimum Gasteiger partial charge on any atom is -0.356 e. The molecule has 0 saturated heterocycles. The van der Waals surface area contributed by atoms with Crippen molar-refractivity contribution in [2.45, 2.75) is 26.8 Å². The van der Waals surface area contributed by atoms with Gasteiger partial charge in [0.25, 0.3) is 5.56 Å². The van der Waals surface area contributed by atoms with Gasteiger partial charge in [-0.05, 0) is 19.4 Å². The number of pyridine rings is 1. The van der Waals surface area contributed by atoms with Gasteiger partial charge in [0.1, 0.15) is 5.52 Å². The van der Waals surface area contributed by atoms with Crippen LogP contribution in [0.1, 0.15) is 19.0 Å². The largest absolute Gasteiger partial charge is 0.356 e. The molecule has 6 heteroatoms. The van der Waals surface area contributed by atoms with Crippen molar-refractivity contribution in [1.29, 1.82) is 0 Å². The Morgan fingerprint density at radius 1 is 1.36 bits per heavy atom. The Morgan fingerprint density at radius 3 is 2.91 bits per heavy atom. The van der Waals surface area contributed by atoms with Crippen molar-refractivity contribution in [1.82, 2.24) is 20.1 Å². The maximum Gasteiger partial charge on any atom is 0.262 e. The van der Waals surface area contributed by atoms with Crippen LogP contribution in [0.3, 0.4) is 0 Å². The Morgan fingerprint density at radius 2 is 2.14 bits per heavy atom. The quantitative estimate of drug-likeness (QED) is 0.720. The van der Waals surface area contributed by atoms with Crippen molar-refractivity contribution in [3.05, 3.63) is 40.3 Å². The van der Waals surface area contributed by atoms with Gasteiger partial charge in [-0.15, -0.1) is 0 Å². The number of para-hydroxylation sites is 1. The topological polar surface area (TPSA) is 79.8 Å². The summed E-state index contributed by atoms with van der Waals surface area (Å²) in [5.41, 5.74) is 2.33. The summed E-state index contributed by atoms with van der Waals surface area (Å²) in [6, 6.07) is 7.76. The molecule has 0 aliphatic heterocycles. The van der Waals surface area contributed by atoms with Crippen LogP contribution in [0.2, 0.25) is 0 Å². The molecule has 0 saturated carbocycles. The van der Waals surface area contributed by atoms with Gasteiger partial charge in [0.05, 0.1) is 10.9 Å². The van der Waals surface area contributed by atoms with E-state index in [0.717, 1.165) is 22.1 Å². The monoisotopic (exact) mass is 298 g/mol. The third-order valence-corrected chi connectivity index (χ3v) is 3.79. The van der Waals surface area contributed by atoms with Crippen LogP contribution in [0, 0.1) is 6.92 Å². The van der Waals surface area contributed by atoms with E-state index in [-0.39, 0.29) is 11.5 Å². The van der Waals surface area contributed by atoms with Crippen LogP contribution >= 0.6 is 0 Å². The van der Waals surface area contributed by atoms with Crippen molar-refractivity contribution < 1.29 is 4.79 Å². The predicted octanol–water partition coefficient (Wildman–Crippen LogP) is 1.71. The van der Waals surface area contributed by atoms with Crippen LogP contribution < -0.4 is 10.9 Å². The summed E-state index contributed by atoms with van der Waals surface area (Å²) in [6.45, 7) is 4.45. The number of rotatable bonds is 4. The highest BCUT2D eigenvalue weighted by atomic mass is 16.1. The molecule has 0 aliphatic rings. The molecule has 0 aliphatic carbocycles. The fourth-order valence-electron chi connectivity index (χ4n) is 2.76. The standard InChI is InChI=1S/C16H18N4O2/c1-10-14-15(19-18-10)12-6-3-4-7-13(12)20(16(14)22)9-5-8-17-11(2)21/h3-4,6-7H,5,8-9H2,1-2H3,(H,17,21)(H,18,19). The highest BCUT2D eigenvalue weighted by Crippen LogP contribution is 2.22. The number of aromatic nitrogens is 3. The molecule has 2 heterocycles. The summed E-state index contributed by atoms with van der Waals surface area (Å²) in [4.78, 5) is 23.7. The first kappa shape index (κ1) is 14.3. The highest BCUT2D eigenvalue weighted by Gasteiger charge is 2.14. The van der Waals surface area contributed by atoms with Crippen LogP contribution in [0.15, 0.2) is 29.1 Å². The molecule has 3 rings (SSSR count). The van der Waals surface area contributed by atoms with Crippen molar-refractivity contribution in [3.8, 4) is 0 Å². The Labute approximate surface area is 127 Å². The lowest BCUT2D eigenvalue weighted by Gasteiger charge is -2.11. The number of nitrogens with one attached hydrogen (secondary N) is 2. The van der Waals surface area contributed by atoms with E-state index in [1.807, 2.05) is 31.2 Å². The first-order valence-corrected chi connectivity index (χ1v) is 7.30. The molecule has 1 aromatic carbocycles. The molecule has 2 aromatic heterocycles. The summed E-state index contributed by atoms with van der Waals surface area (Å²) in [7, 11) is 0. The highest BCUT2D eigenvalue weighted by molar-refractivity contribution is 6.03. The van der Waals surface area contributed by atoms with Gasteiger partial charge in [0.15, 0.2) is 0 Å². The Balaban J connectivity index is 2.10. The van der Waals surface area contributed by atoms with Crippen LogP contribution in [-0.2, 0) is 11.3 Å². The van der Waals surface area contributed by atoms with E-state index < -0.39 is 0 Å². The van der Waals surface area contributed by atoms with E-state index in [9.17, 15) is 9.59 Å². The van der Waals surface area contributed by atoms with E-state index in [0.29, 0.717) is 24.9 Å². The third-order valence-electron chi connectivity index (χ3n) is 3.79. The van der Waals surface area contributed by atoms with E-state index in [2.05, 4.69) is 15.5 Å². The van der Waals surface area contributed by atoms with E-state index in [4.69, 9.17) is 0 Å². The van der Waals surface area contributed by atoms with Crippen molar-refractivity contribution in [3.63, 3.8) is 0 Å². The van der Waals surface area contributed by atoms with Gasteiger partial charge in [0, 0.05) is 31.1 Å². The van der Waals surface area contributed by atoms with E-state index >= 15 is 0 Å². The van der Waals surface area contributed by atoms with Gasteiger partial charge >= 0.3 is 0 Å². The molecule has 2 N–H and O–H groups in total. The number of nitrogens with zero attached hydrogens (tertiary/aromatic N) is 2. The summed E-state index contributed by atoms with van der Waals surface area (Å²) in [5, 5.41) is 11.5. The molecular weight excluding hydrogens is 280 g/mol. The lowest BCUT2D eigenvalue weighted by atomic mass is 10.1. The number of fused-ring (bicyclic) bond motifs is 3. The molecule has 6 nitrogen and oxygen atoms in total. The molecule has 1 amide bonds. The minimum absolute atomic E-state index is 0.0391. The maximum atomic E-state index is 12.8. The second kappa shape index (κ2) is 5.63. The number of amides is 1. The predicted molar refractivity (Wildman–Crippen MR) is 85.9 cm³/mol. The second-order valence-corrected chi connectivity index (χ2v) is 5.38. The van der Waals surface area contributed by atoms with Gasteiger partial charge in [-0.3, -0.25) is 14.7 Å². The van der Waals surface area contributed by atoms with Gasteiger partial charge < -0.3 is 9.88 Å². The van der Waals surface area contributed by atoms with Crippen molar-refractivity contribution in [2.24, 2.45) is 0 Å². The lowest BCUT2D eigenvalue weighted by Crippen LogP contribution is -2.25. The van der Waals surface area contributed by atoms with Crippen molar-refractivity contribution >= 4 is 27.7 Å². The number of carbonyl (C=O) groups is 1. The molecule has 114 valence electrons. The fraction of sp³-hybridized carbons (Fsp3) is 0.312. The van der Waals surface area contributed by atoms with Crippen LogP contribution in [-0.4, -0.2) is 27.2 Å². The molecule has 0 spiro atoms. The Bertz CT molecular complexity index is 908. The molecule has 3 aromatic rings. The van der Waals surface area contributed by atoms with E-state index in [1.165, 1.54) is 6.92 Å². The van der Waals surface area contributed by atoms with Gasteiger partial charge in [0.2, 0.25) is 5.91 Å². The normalized spacial score (nSPS) is 11.2. The third kappa shape index (κ3) is 2.36. The number of benzene rings is 1. The molecule has 0 unspecified atom stereocenters. The molecule has 0 bridgehead atoms. The average Bonchev–Trinajstić information content (AvgIpc) is 2.88. The SMILES string of the molecule is CC(=O)NCCCn1c(=O)c2c(C)[nH]nc2c2ccccc21. The van der Waals surface area contributed by atoms with Crippen LogP contribution in [0.4, 0.5) is 0 Å². The van der Waals surface area contributed by atoms with Crippen LogP contribution in [0.5, 0.6) is 0 Å². The number of carbonyl (C=O) groups excluding carboxylic acids is 1. The number of aromatic amines is 1. The molecular formula is C16H18N4O2. The molecule has 22 heavy (non-hydrogen) atoms. The fourth-order valence-corrected chi connectivity index (χ4v) is 2.76. The average molecular weight is 298 g/mol. The summed E-state index contributed by atoms with van der Waals surface area (Å²) in [6.07, 6.45) is 0.700. The number of hydrogen-bond acceptors (Lipinski definition) is 3.